The zero-order valence-electron chi connectivity index (χ0n) is 18.1. The summed E-state index contributed by atoms with van der Waals surface area (Å²) in [6.07, 6.45) is 4.39. The summed E-state index contributed by atoms with van der Waals surface area (Å²) in [5.41, 5.74) is 6.97. The Morgan fingerprint density at radius 2 is 1.87 bits per heavy atom. The van der Waals surface area contributed by atoms with Gasteiger partial charge in [0.1, 0.15) is 11.4 Å². The Hall–Kier alpha value is -3.26. The third kappa shape index (κ3) is 5.88. The molecule has 0 atom stereocenters. The van der Waals surface area contributed by atoms with Gasteiger partial charge < -0.3 is 20.5 Å². The molecule has 31 heavy (non-hydrogen) atoms. The van der Waals surface area contributed by atoms with E-state index in [9.17, 15) is 4.79 Å². The van der Waals surface area contributed by atoms with Crippen LogP contribution in [0.4, 0.5) is 5.69 Å². The number of nitrogens with one attached hydrogen (secondary N) is 2. The maximum Gasteiger partial charge on any atom is 0.338 e. The number of nitrogens with zero attached hydrogens (tertiary/aromatic N) is 2. The molecule has 0 aliphatic carbocycles. The third-order valence-corrected chi connectivity index (χ3v) is 4.90. The molecule has 8 heteroatoms. The lowest BCUT2D eigenvalue weighted by Gasteiger charge is -2.38. The fourth-order valence-electron chi connectivity index (χ4n) is 3.30. The van der Waals surface area contributed by atoms with Crippen LogP contribution in [0.5, 0.6) is 0 Å². The molecule has 0 bridgehead atoms. The van der Waals surface area contributed by atoms with Crippen molar-refractivity contribution in [3.63, 3.8) is 0 Å². The van der Waals surface area contributed by atoms with Gasteiger partial charge in [0.05, 0.1) is 11.1 Å². The first-order valence-electron chi connectivity index (χ1n) is 10.2. The number of pyridine rings is 1. The molecular weight excluding hydrogens is 394 g/mol. The molecule has 8 nitrogen and oxygen atoms in total. The van der Waals surface area contributed by atoms with Crippen molar-refractivity contribution in [1.29, 1.82) is 5.41 Å². The largest absolute Gasteiger partial charge is 0.456 e. The van der Waals surface area contributed by atoms with Crippen LogP contribution in [0.25, 0.3) is 0 Å². The number of hydrogen-bond donors (Lipinski definition) is 3. The van der Waals surface area contributed by atoms with Crippen LogP contribution in [0.2, 0.25) is 0 Å². The highest BCUT2D eigenvalue weighted by Crippen LogP contribution is 2.28. The van der Waals surface area contributed by atoms with Crippen LogP contribution < -0.4 is 11.1 Å². The minimum Gasteiger partial charge on any atom is -0.456 e. The van der Waals surface area contributed by atoms with E-state index in [4.69, 9.17) is 20.6 Å². The lowest BCUT2D eigenvalue weighted by molar-refractivity contribution is 0.00695. The van der Waals surface area contributed by atoms with Crippen molar-refractivity contribution in [1.82, 2.24) is 4.98 Å². The number of amidine groups is 2. The predicted molar refractivity (Wildman–Crippen MR) is 121 cm³/mol. The fraction of sp³-hybridized carbons (Fsp3) is 0.391. The molecule has 2 heterocycles. The Bertz CT molecular complexity index is 961. The summed E-state index contributed by atoms with van der Waals surface area (Å²) in [5, 5.41) is 11.8. The van der Waals surface area contributed by atoms with Crippen LogP contribution >= 0.6 is 0 Å². The number of ether oxygens (including phenoxy) is 2. The maximum atomic E-state index is 12.5. The molecular formula is C23H29N5O3. The molecule has 1 aliphatic rings. The molecule has 1 aromatic carbocycles. The molecule has 4 N–H and O–H groups in total. The molecule has 1 aromatic heterocycles. The van der Waals surface area contributed by atoms with Crippen LogP contribution in [0.15, 0.2) is 53.8 Å². The highest BCUT2D eigenvalue weighted by Gasteiger charge is 2.37. The van der Waals surface area contributed by atoms with Crippen molar-refractivity contribution in [2.75, 3.05) is 18.5 Å². The van der Waals surface area contributed by atoms with Gasteiger partial charge in [-0.05, 0) is 51.1 Å². The molecule has 0 saturated carbocycles. The van der Waals surface area contributed by atoms with Crippen molar-refractivity contribution < 1.29 is 14.3 Å². The zero-order valence-corrected chi connectivity index (χ0v) is 18.1. The molecule has 0 spiro atoms. The summed E-state index contributed by atoms with van der Waals surface area (Å²) < 4.78 is 11.0. The van der Waals surface area contributed by atoms with Crippen molar-refractivity contribution in [2.24, 2.45) is 10.7 Å². The van der Waals surface area contributed by atoms with Crippen LogP contribution in [0.1, 0.15) is 49.5 Å². The average molecular weight is 424 g/mol. The van der Waals surface area contributed by atoms with Gasteiger partial charge in [0.15, 0.2) is 5.84 Å². The first-order chi connectivity index (χ1) is 14.7. The molecule has 1 fully saturated rings. The number of benzene rings is 1. The predicted octanol–water partition coefficient (Wildman–Crippen LogP) is 3.38. The Labute approximate surface area is 182 Å². The summed E-state index contributed by atoms with van der Waals surface area (Å²) in [6, 6.07) is 10.5. The van der Waals surface area contributed by atoms with Gasteiger partial charge in [-0.1, -0.05) is 6.07 Å². The van der Waals surface area contributed by atoms with E-state index >= 15 is 0 Å². The lowest BCUT2D eigenvalue weighted by Crippen LogP contribution is -2.54. The Balaban J connectivity index is 1.86. The van der Waals surface area contributed by atoms with E-state index in [1.54, 1.807) is 42.7 Å². The second-order valence-electron chi connectivity index (χ2n) is 8.48. The summed E-state index contributed by atoms with van der Waals surface area (Å²) in [7, 11) is 0. The molecule has 164 valence electrons. The number of rotatable bonds is 5. The number of carbonyl (C=O) groups is 1. The van der Waals surface area contributed by atoms with E-state index in [0.29, 0.717) is 43.0 Å². The van der Waals surface area contributed by atoms with Gasteiger partial charge in [-0.2, -0.15) is 0 Å². The summed E-state index contributed by atoms with van der Waals surface area (Å²) in [4.78, 5) is 20.8. The molecule has 1 saturated heterocycles. The van der Waals surface area contributed by atoms with Gasteiger partial charge in [-0.25, -0.2) is 9.79 Å². The molecule has 0 radical (unpaired) electrons. The Morgan fingerprint density at radius 1 is 1.19 bits per heavy atom. The molecule has 2 aromatic rings. The average Bonchev–Trinajstić information content (AvgIpc) is 2.74. The zero-order chi connectivity index (χ0) is 22.5. The first kappa shape index (κ1) is 22.4. The van der Waals surface area contributed by atoms with Crippen molar-refractivity contribution in [3.05, 3.63) is 59.9 Å². The SMILES string of the molecule is CC(C)(C)OC(=O)c1cccc(NC2(C(N)=NC(=N)c3ccncc3)CCOCC2)c1. The summed E-state index contributed by atoms with van der Waals surface area (Å²) in [5.74, 6) is -0.0198. The smallest absolute Gasteiger partial charge is 0.338 e. The molecule has 1 aliphatic heterocycles. The number of nitrogens with two attached hydrogens (primary N) is 1. The van der Waals surface area contributed by atoms with Crippen LogP contribution in [-0.4, -0.2) is 47.0 Å². The Morgan fingerprint density at radius 3 is 2.52 bits per heavy atom. The van der Waals surface area contributed by atoms with E-state index in [2.05, 4.69) is 15.3 Å². The van der Waals surface area contributed by atoms with Gasteiger partial charge in [0, 0.05) is 49.7 Å². The number of carbonyl (C=O) groups excluding carboxylic acids is 1. The number of aromatic nitrogens is 1. The van der Waals surface area contributed by atoms with Crippen LogP contribution in [0, 0.1) is 5.41 Å². The fourth-order valence-corrected chi connectivity index (χ4v) is 3.30. The van der Waals surface area contributed by atoms with Gasteiger partial charge in [0.2, 0.25) is 0 Å². The van der Waals surface area contributed by atoms with Gasteiger partial charge in [-0.15, -0.1) is 0 Å². The number of aliphatic imine (C=N–C) groups is 1. The van der Waals surface area contributed by atoms with Gasteiger partial charge >= 0.3 is 5.97 Å². The highest BCUT2D eigenvalue weighted by molar-refractivity contribution is 6.07. The van der Waals surface area contributed by atoms with Crippen molar-refractivity contribution >= 4 is 23.3 Å². The minimum atomic E-state index is -0.690. The number of esters is 1. The maximum absolute atomic E-state index is 12.5. The van der Waals surface area contributed by atoms with E-state index in [1.165, 1.54) is 0 Å². The van der Waals surface area contributed by atoms with E-state index in [0.717, 1.165) is 5.69 Å². The highest BCUT2D eigenvalue weighted by atomic mass is 16.6. The summed E-state index contributed by atoms with van der Waals surface area (Å²) in [6.45, 7) is 6.52. The number of anilines is 1. The topological polar surface area (TPSA) is 123 Å². The van der Waals surface area contributed by atoms with E-state index in [-0.39, 0.29) is 5.84 Å². The Kier molecular flexibility index (Phi) is 6.70. The van der Waals surface area contributed by atoms with Crippen molar-refractivity contribution in [3.8, 4) is 0 Å². The first-order valence-corrected chi connectivity index (χ1v) is 10.2. The second-order valence-corrected chi connectivity index (χ2v) is 8.48. The van der Waals surface area contributed by atoms with Crippen LogP contribution in [0.3, 0.4) is 0 Å². The third-order valence-electron chi connectivity index (χ3n) is 4.90. The standard InChI is InChI=1S/C23H29N5O3/c1-22(2,3)31-20(29)17-5-4-6-18(15-17)28-23(9-13-30-14-10-23)21(25)27-19(24)16-7-11-26-12-8-16/h4-8,11-12,15,28H,9-10,13-14H2,1-3H3,(H3,24,25,27). The monoisotopic (exact) mass is 423 g/mol. The minimum absolute atomic E-state index is 0.0649. The summed E-state index contributed by atoms with van der Waals surface area (Å²) >= 11 is 0. The van der Waals surface area contributed by atoms with Gasteiger partial charge in [-0.3, -0.25) is 10.4 Å². The second kappa shape index (κ2) is 9.26. The quantitative estimate of drug-likeness (QED) is 0.385. The van der Waals surface area contributed by atoms with E-state index in [1.807, 2.05) is 26.8 Å². The molecule has 3 rings (SSSR count). The normalized spacial score (nSPS) is 16.4. The van der Waals surface area contributed by atoms with E-state index < -0.39 is 17.1 Å². The van der Waals surface area contributed by atoms with Crippen molar-refractivity contribution in [2.45, 2.75) is 44.8 Å². The lowest BCUT2D eigenvalue weighted by atomic mass is 9.88. The van der Waals surface area contributed by atoms with Gasteiger partial charge in [0.25, 0.3) is 0 Å². The number of hydrogen-bond acceptors (Lipinski definition) is 6. The molecule has 0 unspecified atom stereocenters. The molecule has 0 amide bonds. The van der Waals surface area contributed by atoms with Crippen LogP contribution in [-0.2, 0) is 9.47 Å².